The second-order valence-corrected chi connectivity index (χ2v) is 11.6. The minimum Gasteiger partial charge on any atom is -0.491 e. The Morgan fingerprint density at radius 2 is 1.16 bits per heavy atom. The highest BCUT2D eigenvalue weighted by atomic mass is 16.6. The summed E-state index contributed by atoms with van der Waals surface area (Å²) >= 11 is 0. The van der Waals surface area contributed by atoms with Crippen molar-refractivity contribution < 1.29 is 32.8 Å². The van der Waals surface area contributed by atoms with Gasteiger partial charge in [-0.2, -0.15) is 0 Å². The van der Waals surface area contributed by atoms with Crippen molar-refractivity contribution in [3.63, 3.8) is 0 Å². The molecule has 5 aromatic carbocycles. The fraction of sp³-hybridized carbons (Fsp3) is 0.243. The molecule has 3 unspecified atom stereocenters. The van der Waals surface area contributed by atoms with Crippen molar-refractivity contribution >= 4 is 32.5 Å². The molecule has 0 spiro atoms. The highest BCUT2D eigenvalue weighted by Crippen LogP contribution is 2.49. The molecule has 9 rings (SSSR count). The third-order valence-electron chi connectivity index (χ3n) is 8.41. The second-order valence-electron chi connectivity index (χ2n) is 11.6. The van der Waals surface area contributed by atoms with E-state index in [9.17, 15) is 0 Å². The molecule has 3 atom stereocenters. The lowest BCUT2D eigenvalue weighted by Crippen LogP contribution is -2.05. The molecule has 7 heteroatoms. The Bertz CT molecular complexity index is 2000. The Morgan fingerprint density at radius 1 is 0.568 bits per heavy atom. The summed E-state index contributed by atoms with van der Waals surface area (Å²) in [6.07, 6.45) is 0.508. The Labute approximate surface area is 253 Å². The van der Waals surface area contributed by atoms with Gasteiger partial charge in [0, 0.05) is 27.5 Å². The molecule has 220 valence electrons. The Hall–Kier alpha value is -4.56. The van der Waals surface area contributed by atoms with E-state index in [0.717, 1.165) is 92.0 Å². The Morgan fingerprint density at radius 3 is 1.89 bits per heavy atom. The zero-order valence-electron chi connectivity index (χ0n) is 24.0. The number of benzene rings is 5. The number of furan rings is 1. The fourth-order valence-electron chi connectivity index (χ4n) is 5.87. The predicted octanol–water partition coefficient (Wildman–Crippen LogP) is 7.41. The molecule has 7 nitrogen and oxygen atoms in total. The predicted molar refractivity (Wildman–Crippen MR) is 168 cm³/mol. The van der Waals surface area contributed by atoms with Gasteiger partial charge in [0.25, 0.3) is 0 Å². The standard InChI is InChI=1S/C37H30O7/c1-2-6-30-28(5-1)29-14-13-24(39-17-26-19-41-26)15-32(29)37-34(30)35(31-7-3-4-8-33(31)43-21-27-20-42-27)36(44-37)22-9-11-23(12-10-22)38-16-25-18-40-25/h1-15,25-27H,16-21H2. The van der Waals surface area contributed by atoms with Crippen LogP contribution >= 0.6 is 0 Å². The maximum atomic E-state index is 6.97. The van der Waals surface area contributed by atoms with E-state index in [1.54, 1.807) is 0 Å². The van der Waals surface area contributed by atoms with Gasteiger partial charge in [-0.15, -0.1) is 0 Å². The lowest BCUT2D eigenvalue weighted by atomic mass is 9.92. The van der Waals surface area contributed by atoms with Gasteiger partial charge in [-0.05, 0) is 64.7 Å². The molecule has 0 aliphatic carbocycles. The summed E-state index contributed by atoms with van der Waals surface area (Å²) in [5.41, 5.74) is 3.71. The first kappa shape index (κ1) is 25.9. The van der Waals surface area contributed by atoms with E-state index in [-0.39, 0.29) is 18.3 Å². The van der Waals surface area contributed by atoms with Crippen LogP contribution in [-0.2, 0) is 14.2 Å². The third-order valence-corrected chi connectivity index (χ3v) is 8.41. The molecule has 0 bridgehead atoms. The molecule has 3 aliphatic heterocycles. The highest BCUT2D eigenvalue weighted by Gasteiger charge is 2.28. The van der Waals surface area contributed by atoms with Gasteiger partial charge < -0.3 is 32.8 Å². The van der Waals surface area contributed by atoms with Gasteiger partial charge in [-0.3, -0.25) is 0 Å². The van der Waals surface area contributed by atoms with Gasteiger partial charge in [0.05, 0.1) is 19.8 Å². The topological polar surface area (TPSA) is 78.4 Å². The third kappa shape index (κ3) is 4.93. The molecular weight excluding hydrogens is 556 g/mol. The average molecular weight is 587 g/mol. The van der Waals surface area contributed by atoms with Crippen LogP contribution in [0.3, 0.4) is 0 Å². The first-order valence-electron chi connectivity index (χ1n) is 15.1. The summed E-state index contributed by atoms with van der Waals surface area (Å²) in [7, 11) is 0. The lowest BCUT2D eigenvalue weighted by molar-refractivity contribution is 0.263. The van der Waals surface area contributed by atoms with Crippen LogP contribution in [0.15, 0.2) is 95.4 Å². The van der Waals surface area contributed by atoms with E-state index in [1.165, 1.54) is 0 Å². The van der Waals surface area contributed by atoms with E-state index >= 15 is 0 Å². The Balaban J connectivity index is 1.27. The molecule has 0 N–H and O–H groups in total. The number of para-hydroxylation sites is 1. The first-order chi connectivity index (χ1) is 21.8. The molecule has 6 aromatic rings. The van der Waals surface area contributed by atoms with Gasteiger partial charge in [0.15, 0.2) is 0 Å². The second kappa shape index (κ2) is 10.6. The van der Waals surface area contributed by atoms with E-state index < -0.39 is 0 Å². The fourth-order valence-corrected chi connectivity index (χ4v) is 5.87. The van der Waals surface area contributed by atoms with E-state index in [2.05, 4.69) is 54.6 Å². The van der Waals surface area contributed by atoms with Crippen molar-refractivity contribution in [1.29, 1.82) is 0 Å². The molecule has 3 saturated heterocycles. The summed E-state index contributed by atoms with van der Waals surface area (Å²) in [5, 5.41) is 5.41. The van der Waals surface area contributed by atoms with Crippen LogP contribution in [0, 0.1) is 0 Å². The van der Waals surface area contributed by atoms with Gasteiger partial charge in [-0.25, -0.2) is 0 Å². The van der Waals surface area contributed by atoms with Gasteiger partial charge in [-0.1, -0.05) is 42.5 Å². The average Bonchev–Trinajstić information content (AvgIpc) is 3.94. The number of epoxide rings is 3. The maximum Gasteiger partial charge on any atom is 0.144 e. The number of fused-ring (bicyclic) bond motifs is 6. The number of hydrogen-bond donors (Lipinski definition) is 0. The van der Waals surface area contributed by atoms with Crippen LogP contribution < -0.4 is 14.2 Å². The molecule has 4 heterocycles. The number of hydrogen-bond acceptors (Lipinski definition) is 7. The first-order valence-corrected chi connectivity index (χ1v) is 15.1. The maximum absolute atomic E-state index is 6.97. The van der Waals surface area contributed by atoms with E-state index in [4.69, 9.17) is 32.8 Å². The molecule has 1 aromatic heterocycles. The number of rotatable bonds is 11. The molecule has 0 radical (unpaired) electrons. The van der Waals surface area contributed by atoms with E-state index in [1.807, 2.05) is 36.4 Å². The largest absolute Gasteiger partial charge is 0.491 e. The van der Waals surface area contributed by atoms with Crippen LogP contribution in [0.1, 0.15) is 0 Å². The van der Waals surface area contributed by atoms with Crippen LogP contribution in [-0.4, -0.2) is 58.0 Å². The highest BCUT2D eigenvalue weighted by molar-refractivity contribution is 6.28. The van der Waals surface area contributed by atoms with Crippen molar-refractivity contribution in [2.75, 3.05) is 39.6 Å². The monoisotopic (exact) mass is 586 g/mol. The minimum atomic E-state index is 0.140. The summed E-state index contributed by atoms with van der Waals surface area (Å²) in [6, 6.07) is 31.0. The van der Waals surface area contributed by atoms with Gasteiger partial charge in [0.2, 0.25) is 0 Å². The molecule has 3 fully saturated rings. The molecule has 0 saturated carbocycles. The van der Waals surface area contributed by atoms with Crippen molar-refractivity contribution in [3.05, 3.63) is 91.0 Å². The summed E-state index contributed by atoms with van der Waals surface area (Å²) in [4.78, 5) is 0. The Kier molecular flexibility index (Phi) is 6.21. The van der Waals surface area contributed by atoms with Crippen molar-refractivity contribution in [1.82, 2.24) is 0 Å². The van der Waals surface area contributed by atoms with Gasteiger partial charge in [0.1, 0.15) is 66.7 Å². The van der Waals surface area contributed by atoms with E-state index in [0.29, 0.717) is 19.8 Å². The van der Waals surface area contributed by atoms with Gasteiger partial charge >= 0.3 is 0 Å². The van der Waals surface area contributed by atoms with Crippen molar-refractivity contribution in [3.8, 4) is 39.7 Å². The molecular formula is C37H30O7. The van der Waals surface area contributed by atoms with Crippen LogP contribution in [0.2, 0.25) is 0 Å². The minimum absolute atomic E-state index is 0.140. The zero-order valence-corrected chi connectivity index (χ0v) is 24.0. The van der Waals surface area contributed by atoms with Crippen LogP contribution in [0.4, 0.5) is 0 Å². The summed E-state index contributed by atoms with van der Waals surface area (Å²) in [5.74, 6) is 3.15. The van der Waals surface area contributed by atoms with Crippen LogP contribution in [0.25, 0.3) is 55.0 Å². The lowest BCUT2D eigenvalue weighted by Gasteiger charge is -2.13. The quantitative estimate of drug-likeness (QED) is 0.116. The molecule has 44 heavy (non-hydrogen) atoms. The number of ether oxygens (including phenoxy) is 6. The zero-order chi connectivity index (χ0) is 29.0. The van der Waals surface area contributed by atoms with Crippen molar-refractivity contribution in [2.24, 2.45) is 0 Å². The summed E-state index contributed by atoms with van der Waals surface area (Å²) < 4.78 is 41.5. The smallest absolute Gasteiger partial charge is 0.144 e. The normalized spacial score (nSPS) is 20.2. The SMILES string of the molecule is c1ccc(-c2c(-c3ccc(OCC4CO4)cc3)oc3c4cc(OCC5CO5)ccc4c4ccccc4c23)c(OCC2CO2)c1. The molecule has 0 amide bonds. The molecule has 3 aliphatic rings. The summed E-state index contributed by atoms with van der Waals surface area (Å²) in [6.45, 7) is 3.84. The van der Waals surface area contributed by atoms with Crippen LogP contribution in [0.5, 0.6) is 17.2 Å². The van der Waals surface area contributed by atoms with Crippen molar-refractivity contribution in [2.45, 2.75) is 18.3 Å².